The van der Waals surface area contributed by atoms with Gasteiger partial charge in [-0.2, -0.15) is 10.4 Å². The fourth-order valence-corrected chi connectivity index (χ4v) is 2.15. The van der Waals surface area contributed by atoms with Gasteiger partial charge in [-0.3, -0.25) is 9.48 Å². The van der Waals surface area contributed by atoms with Crippen LogP contribution in [0, 0.1) is 18.3 Å². The molecular weight excluding hydrogens is 268 g/mol. The summed E-state index contributed by atoms with van der Waals surface area (Å²) in [5.41, 5.74) is 1.47. The van der Waals surface area contributed by atoms with Crippen LogP contribution in [0.2, 0.25) is 0 Å². The topological polar surface area (TPSA) is 83.9 Å². The number of nitriles is 1. The van der Waals surface area contributed by atoms with Crippen molar-refractivity contribution in [2.24, 2.45) is 0 Å². The number of nitrogens with one attached hydrogen (secondary N) is 1. The van der Waals surface area contributed by atoms with Crippen molar-refractivity contribution < 1.29 is 9.21 Å². The molecule has 0 saturated carbocycles. The Balaban J connectivity index is 1.86. The number of aryl methyl sites for hydroxylation is 1. The zero-order chi connectivity index (χ0) is 14.8. The van der Waals surface area contributed by atoms with Gasteiger partial charge in [-0.15, -0.1) is 0 Å². The van der Waals surface area contributed by atoms with E-state index in [0.29, 0.717) is 11.4 Å². The van der Waals surface area contributed by atoms with Crippen molar-refractivity contribution in [3.63, 3.8) is 0 Å². The zero-order valence-electron chi connectivity index (χ0n) is 11.3. The van der Waals surface area contributed by atoms with Crippen LogP contribution in [-0.2, 0) is 6.54 Å². The lowest BCUT2D eigenvalue weighted by molar-refractivity contribution is 0.0997. The van der Waals surface area contributed by atoms with Gasteiger partial charge in [-0.25, -0.2) is 0 Å². The van der Waals surface area contributed by atoms with Gasteiger partial charge in [-0.05, 0) is 13.0 Å². The minimum absolute atomic E-state index is 0.138. The SMILES string of the molecule is Cc1c(C(=O)Nc2ccn(CC#N)n2)oc2ccccc12. The number of carbonyl (C=O) groups is 1. The number of furan rings is 1. The number of hydrogen-bond donors (Lipinski definition) is 1. The number of fused-ring (bicyclic) bond motifs is 1. The van der Waals surface area contributed by atoms with Gasteiger partial charge in [-0.1, -0.05) is 18.2 Å². The van der Waals surface area contributed by atoms with Crippen molar-refractivity contribution in [3.8, 4) is 6.07 Å². The molecule has 0 aliphatic rings. The van der Waals surface area contributed by atoms with E-state index in [1.165, 1.54) is 4.68 Å². The molecule has 0 unspecified atom stereocenters. The normalized spacial score (nSPS) is 10.5. The monoisotopic (exact) mass is 280 g/mol. The molecule has 2 aromatic heterocycles. The Kier molecular flexibility index (Phi) is 3.16. The number of rotatable bonds is 3. The maximum absolute atomic E-state index is 12.3. The molecule has 1 amide bonds. The van der Waals surface area contributed by atoms with Crippen LogP contribution in [0.3, 0.4) is 0 Å². The summed E-state index contributed by atoms with van der Waals surface area (Å²) in [5.74, 6) is 0.298. The Bertz CT molecular complexity index is 854. The van der Waals surface area contributed by atoms with Gasteiger partial charge in [0.1, 0.15) is 12.1 Å². The molecule has 6 nitrogen and oxygen atoms in total. The predicted molar refractivity (Wildman–Crippen MR) is 76.7 cm³/mol. The fourth-order valence-electron chi connectivity index (χ4n) is 2.15. The molecule has 0 aliphatic carbocycles. The number of amides is 1. The van der Waals surface area contributed by atoms with Gasteiger partial charge in [0.2, 0.25) is 0 Å². The molecule has 1 aromatic carbocycles. The lowest BCUT2D eigenvalue weighted by Crippen LogP contribution is -2.13. The van der Waals surface area contributed by atoms with Crippen LogP contribution in [0.25, 0.3) is 11.0 Å². The number of anilines is 1. The second-order valence-corrected chi connectivity index (χ2v) is 4.56. The summed E-state index contributed by atoms with van der Waals surface area (Å²) in [5, 5.41) is 16.2. The second-order valence-electron chi connectivity index (χ2n) is 4.56. The van der Waals surface area contributed by atoms with E-state index in [-0.39, 0.29) is 18.2 Å². The van der Waals surface area contributed by atoms with Crippen LogP contribution in [0.15, 0.2) is 40.9 Å². The van der Waals surface area contributed by atoms with Crippen molar-refractivity contribution in [3.05, 3.63) is 47.9 Å². The Morgan fingerprint density at radius 3 is 3.00 bits per heavy atom. The number of nitrogens with zero attached hydrogens (tertiary/aromatic N) is 3. The minimum Gasteiger partial charge on any atom is -0.451 e. The highest BCUT2D eigenvalue weighted by Crippen LogP contribution is 2.25. The quantitative estimate of drug-likeness (QED) is 0.799. The average molecular weight is 280 g/mol. The van der Waals surface area contributed by atoms with Gasteiger partial charge in [0.15, 0.2) is 11.6 Å². The van der Waals surface area contributed by atoms with E-state index in [4.69, 9.17) is 9.68 Å². The summed E-state index contributed by atoms with van der Waals surface area (Å²) >= 11 is 0. The third-order valence-corrected chi connectivity index (χ3v) is 3.16. The van der Waals surface area contributed by atoms with Crippen LogP contribution in [0.5, 0.6) is 0 Å². The van der Waals surface area contributed by atoms with Crippen molar-refractivity contribution in [1.29, 1.82) is 5.26 Å². The van der Waals surface area contributed by atoms with Gasteiger partial charge in [0.25, 0.3) is 5.91 Å². The fraction of sp³-hybridized carbons (Fsp3) is 0.133. The van der Waals surface area contributed by atoms with Gasteiger partial charge < -0.3 is 9.73 Å². The molecule has 0 atom stereocenters. The molecule has 0 saturated heterocycles. The predicted octanol–water partition coefficient (Wildman–Crippen LogP) is 2.71. The summed E-state index contributed by atoms with van der Waals surface area (Å²) in [6.07, 6.45) is 1.63. The number of carbonyl (C=O) groups excluding carboxylic acids is 1. The van der Waals surface area contributed by atoms with E-state index >= 15 is 0 Å². The average Bonchev–Trinajstić information content (AvgIpc) is 3.05. The first-order chi connectivity index (χ1) is 10.2. The molecule has 1 N–H and O–H groups in total. The van der Waals surface area contributed by atoms with Crippen LogP contribution >= 0.6 is 0 Å². The third kappa shape index (κ3) is 2.37. The molecule has 6 heteroatoms. The third-order valence-electron chi connectivity index (χ3n) is 3.16. The Morgan fingerprint density at radius 1 is 1.43 bits per heavy atom. The summed E-state index contributed by atoms with van der Waals surface area (Å²) in [6, 6.07) is 11.1. The molecule has 21 heavy (non-hydrogen) atoms. The Morgan fingerprint density at radius 2 is 2.24 bits per heavy atom. The molecule has 3 rings (SSSR count). The Hall–Kier alpha value is -3.07. The summed E-state index contributed by atoms with van der Waals surface area (Å²) in [7, 11) is 0. The summed E-state index contributed by atoms with van der Waals surface area (Å²) in [6.45, 7) is 1.98. The largest absolute Gasteiger partial charge is 0.451 e. The first-order valence-corrected chi connectivity index (χ1v) is 6.39. The molecule has 0 aliphatic heterocycles. The Labute approximate surface area is 120 Å². The van der Waals surface area contributed by atoms with Crippen LogP contribution in [0.4, 0.5) is 5.82 Å². The number of aromatic nitrogens is 2. The van der Waals surface area contributed by atoms with Crippen LogP contribution in [-0.4, -0.2) is 15.7 Å². The molecule has 3 aromatic rings. The van der Waals surface area contributed by atoms with Crippen molar-refractivity contribution in [2.75, 3.05) is 5.32 Å². The minimum atomic E-state index is -0.356. The van der Waals surface area contributed by atoms with Gasteiger partial charge in [0.05, 0.1) is 6.07 Å². The highest BCUT2D eigenvalue weighted by molar-refractivity contribution is 6.05. The first kappa shape index (κ1) is 12.9. The number of para-hydroxylation sites is 1. The number of benzene rings is 1. The lowest BCUT2D eigenvalue weighted by Gasteiger charge is -1.99. The standard InChI is InChI=1S/C15H12N4O2/c1-10-11-4-2-3-5-12(11)21-14(10)15(20)17-13-6-8-19(18-13)9-7-16/h2-6,8H,9H2,1H3,(H,17,18,20). The van der Waals surface area contributed by atoms with E-state index in [0.717, 1.165) is 10.9 Å². The second kappa shape index (κ2) is 5.13. The molecular formula is C15H12N4O2. The highest BCUT2D eigenvalue weighted by atomic mass is 16.3. The van der Waals surface area contributed by atoms with Gasteiger partial charge in [0, 0.05) is 23.2 Å². The maximum Gasteiger partial charge on any atom is 0.292 e. The number of hydrogen-bond acceptors (Lipinski definition) is 4. The van der Waals surface area contributed by atoms with Crippen LogP contribution in [0.1, 0.15) is 16.1 Å². The molecule has 0 spiro atoms. The smallest absolute Gasteiger partial charge is 0.292 e. The molecule has 0 bridgehead atoms. The zero-order valence-corrected chi connectivity index (χ0v) is 11.3. The lowest BCUT2D eigenvalue weighted by atomic mass is 10.1. The van der Waals surface area contributed by atoms with Gasteiger partial charge >= 0.3 is 0 Å². The molecule has 0 fully saturated rings. The van der Waals surface area contributed by atoms with Crippen molar-refractivity contribution in [2.45, 2.75) is 13.5 Å². The highest BCUT2D eigenvalue weighted by Gasteiger charge is 2.18. The maximum atomic E-state index is 12.3. The van der Waals surface area contributed by atoms with E-state index in [9.17, 15) is 4.79 Å². The summed E-state index contributed by atoms with van der Waals surface area (Å²) in [4.78, 5) is 12.3. The van der Waals surface area contributed by atoms with E-state index in [1.54, 1.807) is 12.3 Å². The van der Waals surface area contributed by atoms with Crippen molar-refractivity contribution in [1.82, 2.24) is 9.78 Å². The summed E-state index contributed by atoms with van der Waals surface area (Å²) < 4.78 is 7.03. The van der Waals surface area contributed by atoms with E-state index in [2.05, 4.69) is 10.4 Å². The van der Waals surface area contributed by atoms with E-state index in [1.807, 2.05) is 37.3 Å². The molecule has 104 valence electrons. The molecule has 2 heterocycles. The van der Waals surface area contributed by atoms with Crippen molar-refractivity contribution >= 4 is 22.7 Å². The first-order valence-electron chi connectivity index (χ1n) is 6.39. The van der Waals surface area contributed by atoms with Crippen LogP contribution < -0.4 is 5.32 Å². The van der Waals surface area contributed by atoms with E-state index < -0.39 is 0 Å². The molecule has 0 radical (unpaired) electrons.